The van der Waals surface area contributed by atoms with Crippen LogP contribution in [-0.2, 0) is 33.3 Å². The molecule has 45 heavy (non-hydrogen) atoms. The number of carbonyl (C=O) groups excluding carboxylic acids is 3. The topological polar surface area (TPSA) is 275 Å². The van der Waals surface area contributed by atoms with E-state index in [0.717, 1.165) is 25.5 Å². The Morgan fingerprint density at radius 3 is 2.47 bits per heavy atom. The Morgan fingerprint density at radius 2 is 1.78 bits per heavy atom. The molecule has 0 aromatic carbocycles. The number of aliphatic hydroxyl groups excluding tert-OH is 5. The van der Waals surface area contributed by atoms with Gasteiger partial charge >= 0.3 is 12.0 Å². The van der Waals surface area contributed by atoms with E-state index >= 15 is 0 Å². The molecule has 4 saturated heterocycles. The summed E-state index contributed by atoms with van der Waals surface area (Å²) < 4.78 is 22.2. The molecule has 4 heterocycles. The van der Waals surface area contributed by atoms with Crippen LogP contribution in [0.4, 0.5) is 4.79 Å². The molecule has 4 amide bonds. The van der Waals surface area contributed by atoms with Gasteiger partial charge in [-0.05, 0) is 12.8 Å². The summed E-state index contributed by atoms with van der Waals surface area (Å²) in [6, 6.07) is -1.18. The van der Waals surface area contributed by atoms with Crippen molar-refractivity contribution in [1.29, 1.82) is 0 Å². The molecule has 19 heteroatoms. The van der Waals surface area contributed by atoms with Gasteiger partial charge in [0.2, 0.25) is 11.8 Å². The summed E-state index contributed by atoms with van der Waals surface area (Å²) in [5, 5.41) is 71.8. The summed E-state index contributed by atoms with van der Waals surface area (Å²) in [7, 11) is 0. The van der Waals surface area contributed by atoms with Crippen molar-refractivity contribution in [2.24, 2.45) is 0 Å². The molecule has 18 nitrogen and oxygen atoms in total. The molecule has 0 radical (unpaired) electrons. The minimum atomic E-state index is -1.98. The lowest BCUT2D eigenvalue weighted by Gasteiger charge is -2.47. The fourth-order valence-corrected chi connectivity index (χ4v) is 7.35. The van der Waals surface area contributed by atoms with Gasteiger partial charge in [-0.2, -0.15) is 11.8 Å². The minimum Gasteiger partial charge on any atom is -0.479 e. The maximum absolute atomic E-state index is 12.4. The first-order chi connectivity index (χ1) is 21.4. The van der Waals surface area contributed by atoms with E-state index in [0.29, 0.717) is 11.7 Å². The number of thioether (sulfide) groups is 1. The number of rotatable bonds is 14. The van der Waals surface area contributed by atoms with E-state index in [1.54, 1.807) is 11.8 Å². The van der Waals surface area contributed by atoms with E-state index in [-0.39, 0.29) is 43.6 Å². The lowest BCUT2D eigenvalue weighted by Crippen LogP contribution is -2.68. The van der Waals surface area contributed by atoms with Crippen LogP contribution in [0.5, 0.6) is 0 Å². The molecule has 0 aromatic heterocycles. The molecule has 0 aliphatic carbocycles. The van der Waals surface area contributed by atoms with Gasteiger partial charge in [0.1, 0.15) is 42.7 Å². The number of aliphatic carboxylic acids is 1. The number of carbonyl (C=O) groups is 4. The number of urea groups is 1. The second-order valence-electron chi connectivity index (χ2n) is 11.4. The predicted octanol–water partition coefficient (Wildman–Crippen LogP) is -4.29. The molecule has 13 atom stereocenters. The Bertz CT molecular complexity index is 1060. The van der Waals surface area contributed by atoms with Crippen LogP contribution >= 0.6 is 11.8 Å². The predicted molar refractivity (Wildman–Crippen MR) is 151 cm³/mol. The van der Waals surface area contributed by atoms with Crippen LogP contribution in [0.15, 0.2) is 0 Å². The fourth-order valence-electron chi connectivity index (χ4n) is 5.81. The Hall–Kier alpha value is -2.33. The van der Waals surface area contributed by atoms with Gasteiger partial charge < -0.3 is 70.9 Å². The molecule has 0 spiro atoms. The Morgan fingerprint density at radius 1 is 1.02 bits per heavy atom. The van der Waals surface area contributed by atoms with E-state index in [1.807, 2.05) is 0 Å². The van der Waals surface area contributed by atoms with Gasteiger partial charge in [-0.3, -0.25) is 9.59 Å². The zero-order valence-electron chi connectivity index (χ0n) is 24.5. The van der Waals surface area contributed by atoms with Crippen LogP contribution in [-0.4, -0.2) is 159 Å². The van der Waals surface area contributed by atoms with Crippen molar-refractivity contribution in [3.05, 3.63) is 0 Å². The van der Waals surface area contributed by atoms with Crippen molar-refractivity contribution in [3.63, 3.8) is 0 Å². The number of nitrogens with one attached hydrogen (secondary N) is 4. The van der Waals surface area contributed by atoms with Crippen molar-refractivity contribution in [3.8, 4) is 0 Å². The second kappa shape index (κ2) is 16.0. The first kappa shape index (κ1) is 35.5. The first-order valence-electron chi connectivity index (χ1n) is 14.8. The molecule has 10 N–H and O–H groups in total. The summed E-state index contributed by atoms with van der Waals surface area (Å²) in [5.74, 6) is -1.60. The third kappa shape index (κ3) is 8.73. The Balaban J connectivity index is 1.27. The van der Waals surface area contributed by atoms with Gasteiger partial charge in [0.25, 0.3) is 0 Å². The average molecular weight is 667 g/mol. The molecule has 0 bridgehead atoms. The molecule has 4 aliphatic rings. The van der Waals surface area contributed by atoms with E-state index in [1.165, 1.54) is 0 Å². The monoisotopic (exact) mass is 666 g/mol. The number of carboxylic acid groups (broad SMARTS) is 1. The lowest BCUT2D eigenvalue weighted by atomic mass is 9.95. The SMILES string of the molecule is CC(=O)N[C@H]1[C@H](OCCNC(=O)CCCC[C@@H]2SC[C@@H]3NC(=O)N[C@@H]32)O[C@H](CO)[C@@H](O)[C@@H]1O[C@@H]1O[C@H](C(=O)O)[C@@H](O)[C@H](O)[C@H]1O. The number of ether oxygens (including phenoxy) is 4. The number of aliphatic hydroxyl groups is 5. The van der Waals surface area contributed by atoms with E-state index < -0.39 is 79.8 Å². The van der Waals surface area contributed by atoms with Crippen molar-refractivity contribution < 1.29 is 68.8 Å². The van der Waals surface area contributed by atoms with E-state index in [4.69, 9.17) is 18.9 Å². The number of hydrogen-bond acceptors (Lipinski definition) is 14. The van der Waals surface area contributed by atoms with Gasteiger partial charge in [-0.25, -0.2) is 9.59 Å². The van der Waals surface area contributed by atoms with Crippen molar-refractivity contribution in [1.82, 2.24) is 21.3 Å². The Kier molecular flexibility index (Phi) is 12.6. The van der Waals surface area contributed by atoms with Crippen LogP contribution < -0.4 is 21.3 Å². The third-order valence-electron chi connectivity index (χ3n) is 8.11. The molecule has 0 unspecified atom stereocenters. The van der Waals surface area contributed by atoms with Crippen molar-refractivity contribution in [2.75, 3.05) is 25.5 Å². The molecule has 0 saturated carbocycles. The number of fused-ring (bicyclic) bond motifs is 1. The van der Waals surface area contributed by atoms with Gasteiger partial charge in [0, 0.05) is 30.9 Å². The number of hydrogen-bond donors (Lipinski definition) is 10. The standard InChI is InChI=1S/C26H42N4O14S/c1-10(32)28-16-21(43-25-20(37)18(35)19(36)22(44-25)23(38)39)17(34)12(8-31)42-24(16)41-7-6-27-14(33)5-3-2-4-13-15-11(9-45-13)29-26(40)30-15/h11-13,15-22,24-25,31,34-37H,2-9H2,1H3,(H,27,33)(H,28,32)(H,38,39)(H2,29,30,40)/t11-,12+,13-,15-,16+,17+,18-,19-,20+,21+,22-,24+,25+/m0/s1. The molecular weight excluding hydrogens is 624 g/mol. The Labute approximate surface area is 262 Å². The highest BCUT2D eigenvalue weighted by molar-refractivity contribution is 8.00. The highest BCUT2D eigenvalue weighted by Gasteiger charge is 2.53. The van der Waals surface area contributed by atoms with Gasteiger partial charge in [-0.15, -0.1) is 0 Å². The highest BCUT2D eigenvalue weighted by Crippen LogP contribution is 2.33. The highest BCUT2D eigenvalue weighted by atomic mass is 32.2. The quantitative estimate of drug-likeness (QED) is 0.0620. The molecule has 256 valence electrons. The van der Waals surface area contributed by atoms with Crippen LogP contribution in [0, 0.1) is 0 Å². The smallest absolute Gasteiger partial charge is 0.335 e. The maximum Gasteiger partial charge on any atom is 0.335 e. The van der Waals surface area contributed by atoms with E-state index in [2.05, 4.69) is 21.3 Å². The first-order valence-corrected chi connectivity index (χ1v) is 15.8. The van der Waals surface area contributed by atoms with Crippen LogP contribution in [0.1, 0.15) is 32.6 Å². The largest absolute Gasteiger partial charge is 0.479 e. The van der Waals surface area contributed by atoms with Crippen molar-refractivity contribution >= 4 is 35.6 Å². The van der Waals surface area contributed by atoms with Crippen LogP contribution in [0.2, 0.25) is 0 Å². The minimum absolute atomic E-state index is 0.0537. The summed E-state index contributed by atoms with van der Waals surface area (Å²) in [6.07, 6.45) is -13.0. The second-order valence-corrected chi connectivity index (χ2v) is 12.6. The number of unbranched alkanes of at least 4 members (excludes halogenated alkanes) is 1. The fraction of sp³-hybridized carbons (Fsp3) is 0.846. The van der Waals surface area contributed by atoms with Crippen molar-refractivity contribution in [2.45, 2.75) is 111 Å². The summed E-state index contributed by atoms with van der Waals surface area (Å²) >= 11 is 1.81. The molecule has 0 aromatic rings. The molecule has 4 aliphatic heterocycles. The number of carboxylic acids is 1. The summed E-state index contributed by atoms with van der Waals surface area (Å²) in [4.78, 5) is 47.4. The summed E-state index contributed by atoms with van der Waals surface area (Å²) in [6.45, 7) is 0.381. The van der Waals surface area contributed by atoms with Gasteiger partial charge in [0.05, 0.1) is 25.3 Å². The van der Waals surface area contributed by atoms with E-state index in [9.17, 15) is 49.8 Å². The summed E-state index contributed by atoms with van der Waals surface area (Å²) in [5.41, 5.74) is 0. The van der Waals surface area contributed by atoms with Gasteiger partial charge in [0.15, 0.2) is 18.7 Å². The average Bonchev–Trinajstić information content (AvgIpc) is 3.54. The maximum atomic E-state index is 12.4. The third-order valence-corrected chi connectivity index (χ3v) is 9.62. The molecule has 4 fully saturated rings. The normalized spacial score (nSPS) is 39.4. The molecular formula is C26H42N4O14S. The zero-order valence-corrected chi connectivity index (χ0v) is 25.3. The van der Waals surface area contributed by atoms with Crippen LogP contribution in [0.25, 0.3) is 0 Å². The molecule has 4 rings (SSSR count). The lowest BCUT2D eigenvalue weighted by molar-refractivity contribution is -0.340. The van der Waals surface area contributed by atoms with Crippen LogP contribution in [0.3, 0.4) is 0 Å². The zero-order chi connectivity index (χ0) is 32.8. The van der Waals surface area contributed by atoms with Gasteiger partial charge in [-0.1, -0.05) is 6.42 Å². The number of amides is 4.